The Bertz CT molecular complexity index is 531. The van der Waals surface area contributed by atoms with E-state index in [0.29, 0.717) is 23.8 Å². The maximum Gasteiger partial charge on any atom is 0.224 e. The minimum Gasteiger partial charge on any atom is -0.493 e. The Morgan fingerprint density at radius 2 is 2.05 bits per heavy atom. The number of likely N-dealkylation sites (tertiary alicyclic amines) is 1. The summed E-state index contributed by atoms with van der Waals surface area (Å²) < 4.78 is 10.9. The molecule has 1 heterocycles. The summed E-state index contributed by atoms with van der Waals surface area (Å²) in [6, 6.07) is 5.35. The van der Waals surface area contributed by atoms with Crippen molar-refractivity contribution in [2.75, 3.05) is 20.8 Å². The Morgan fingerprint density at radius 1 is 1.32 bits per heavy atom. The maximum absolute atomic E-state index is 12.3. The van der Waals surface area contributed by atoms with Gasteiger partial charge in [0.05, 0.1) is 20.3 Å². The number of ether oxygens (including phenoxy) is 2. The molecule has 122 valence electrons. The molecule has 2 unspecified atom stereocenters. The number of rotatable bonds is 6. The molecule has 1 aliphatic heterocycles. The van der Waals surface area contributed by atoms with Crippen LogP contribution in [0.5, 0.6) is 11.5 Å². The number of methoxy groups -OCH3 is 2. The SMILES string of the molecule is COc1cccc(C2C(N)CC(=O)N2CCC(C)C)c1OC. The molecule has 1 aromatic rings. The predicted molar refractivity (Wildman–Crippen MR) is 86.0 cm³/mol. The van der Waals surface area contributed by atoms with Crippen LogP contribution in [0.2, 0.25) is 0 Å². The van der Waals surface area contributed by atoms with E-state index in [9.17, 15) is 4.79 Å². The lowest BCUT2D eigenvalue weighted by Crippen LogP contribution is -2.34. The van der Waals surface area contributed by atoms with E-state index in [4.69, 9.17) is 15.2 Å². The summed E-state index contributed by atoms with van der Waals surface area (Å²) in [6.45, 7) is 5.03. The normalized spacial score (nSPS) is 21.5. The summed E-state index contributed by atoms with van der Waals surface area (Å²) in [6.07, 6.45) is 1.34. The van der Waals surface area contributed by atoms with Crippen LogP contribution in [-0.2, 0) is 4.79 Å². The Balaban J connectivity index is 2.37. The van der Waals surface area contributed by atoms with E-state index in [1.54, 1.807) is 14.2 Å². The van der Waals surface area contributed by atoms with E-state index < -0.39 is 0 Å². The fraction of sp³-hybridized carbons (Fsp3) is 0.588. The summed E-state index contributed by atoms with van der Waals surface area (Å²) >= 11 is 0. The number of nitrogens with zero attached hydrogens (tertiary/aromatic N) is 1. The standard InChI is InChI=1S/C17H26N2O3/c1-11(2)8-9-19-15(20)10-13(18)16(19)12-6-5-7-14(21-3)17(12)22-4/h5-7,11,13,16H,8-10,18H2,1-4H3. The molecule has 0 spiro atoms. The van der Waals surface area contributed by atoms with Gasteiger partial charge in [0, 0.05) is 24.6 Å². The number of para-hydroxylation sites is 1. The molecule has 22 heavy (non-hydrogen) atoms. The Morgan fingerprint density at radius 3 is 2.64 bits per heavy atom. The quantitative estimate of drug-likeness (QED) is 0.876. The average Bonchev–Trinajstić information content (AvgIpc) is 2.77. The van der Waals surface area contributed by atoms with Crippen LogP contribution in [0.15, 0.2) is 18.2 Å². The molecule has 5 heteroatoms. The highest BCUT2D eigenvalue weighted by atomic mass is 16.5. The van der Waals surface area contributed by atoms with Crippen molar-refractivity contribution in [2.24, 2.45) is 11.7 Å². The molecule has 2 atom stereocenters. The second-order valence-electron chi connectivity index (χ2n) is 6.17. The highest BCUT2D eigenvalue weighted by molar-refractivity contribution is 5.80. The smallest absolute Gasteiger partial charge is 0.224 e. The first-order chi connectivity index (χ1) is 10.5. The van der Waals surface area contributed by atoms with Gasteiger partial charge in [0.25, 0.3) is 0 Å². The van der Waals surface area contributed by atoms with Crippen LogP contribution in [0, 0.1) is 5.92 Å². The van der Waals surface area contributed by atoms with Crippen LogP contribution in [0.3, 0.4) is 0 Å². The van der Waals surface area contributed by atoms with Gasteiger partial charge in [-0.15, -0.1) is 0 Å². The summed E-state index contributed by atoms with van der Waals surface area (Å²) in [5.74, 6) is 1.98. The van der Waals surface area contributed by atoms with Crippen molar-refractivity contribution in [1.29, 1.82) is 0 Å². The van der Waals surface area contributed by atoms with Crippen LogP contribution in [0.1, 0.15) is 38.3 Å². The number of carbonyl (C=O) groups is 1. The van der Waals surface area contributed by atoms with Crippen LogP contribution >= 0.6 is 0 Å². The second kappa shape index (κ2) is 7.01. The van der Waals surface area contributed by atoms with Gasteiger partial charge >= 0.3 is 0 Å². The van der Waals surface area contributed by atoms with E-state index in [1.807, 2.05) is 23.1 Å². The van der Waals surface area contributed by atoms with Gasteiger partial charge in [-0.1, -0.05) is 26.0 Å². The van der Waals surface area contributed by atoms with Crippen LogP contribution < -0.4 is 15.2 Å². The van der Waals surface area contributed by atoms with E-state index in [-0.39, 0.29) is 18.0 Å². The van der Waals surface area contributed by atoms with Crippen LogP contribution in [0.25, 0.3) is 0 Å². The topological polar surface area (TPSA) is 64.8 Å². The molecular weight excluding hydrogens is 280 g/mol. The average molecular weight is 306 g/mol. The van der Waals surface area contributed by atoms with Crippen molar-refractivity contribution < 1.29 is 14.3 Å². The second-order valence-corrected chi connectivity index (χ2v) is 6.17. The van der Waals surface area contributed by atoms with E-state index in [2.05, 4.69) is 13.8 Å². The number of hydrogen-bond donors (Lipinski definition) is 1. The molecule has 1 aromatic carbocycles. The molecular formula is C17H26N2O3. The third kappa shape index (κ3) is 3.19. The van der Waals surface area contributed by atoms with Gasteiger partial charge in [0.15, 0.2) is 11.5 Å². The minimum atomic E-state index is -0.222. The summed E-state index contributed by atoms with van der Waals surface area (Å²) in [5, 5.41) is 0. The van der Waals surface area contributed by atoms with E-state index >= 15 is 0 Å². The molecule has 5 nitrogen and oxygen atoms in total. The predicted octanol–water partition coefficient (Wildman–Crippen LogP) is 2.35. The van der Waals surface area contributed by atoms with Crippen molar-refractivity contribution in [1.82, 2.24) is 4.90 Å². The Kier molecular flexibility index (Phi) is 5.29. The molecule has 1 fully saturated rings. The van der Waals surface area contributed by atoms with Gasteiger partial charge in [-0.3, -0.25) is 4.79 Å². The Labute approximate surface area is 132 Å². The molecule has 0 aliphatic carbocycles. The molecule has 0 saturated carbocycles. The van der Waals surface area contributed by atoms with Gasteiger partial charge < -0.3 is 20.1 Å². The van der Waals surface area contributed by atoms with Crippen molar-refractivity contribution in [3.05, 3.63) is 23.8 Å². The molecule has 0 bridgehead atoms. The van der Waals surface area contributed by atoms with Gasteiger partial charge in [-0.05, 0) is 18.4 Å². The monoisotopic (exact) mass is 306 g/mol. The Hall–Kier alpha value is -1.75. The van der Waals surface area contributed by atoms with Gasteiger partial charge in [0.1, 0.15) is 0 Å². The molecule has 0 radical (unpaired) electrons. The number of carbonyl (C=O) groups excluding carboxylic acids is 1. The van der Waals surface area contributed by atoms with Crippen LogP contribution in [-0.4, -0.2) is 37.6 Å². The molecule has 2 rings (SSSR count). The first-order valence-electron chi connectivity index (χ1n) is 7.75. The zero-order valence-electron chi connectivity index (χ0n) is 13.8. The summed E-state index contributed by atoms with van der Waals surface area (Å²) in [7, 11) is 3.22. The van der Waals surface area contributed by atoms with Crippen LogP contribution in [0.4, 0.5) is 0 Å². The van der Waals surface area contributed by atoms with Crippen molar-refractivity contribution in [2.45, 2.75) is 38.8 Å². The highest BCUT2D eigenvalue weighted by Gasteiger charge is 2.40. The number of hydrogen-bond acceptors (Lipinski definition) is 4. The van der Waals surface area contributed by atoms with Gasteiger partial charge in [-0.25, -0.2) is 0 Å². The molecule has 1 saturated heterocycles. The van der Waals surface area contributed by atoms with Crippen molar-refractivity contribution >= 4 is 5.91 Å². The van der Waals surface area contributed by atoms with Gasteiger partial charge in [0.2, 0.25) is 5.91 Å². The molecule has 1 aliphatic rings. The number of amides is 1. The third-order valence-electron chi connectivity index (χ3n) is 4.17. The van der Waals surface area contributed by atoms with Crippen molar-refractivity contribution in [3.63, 3.8) is 0 Å². The largest absolute Gasteiger partial charge is 0.493 e. The zero-order chi connectivity index (χ0) is 16.3. The maximum atomic E-state index is 12.3. The van der Waals surface area contributed by atoms with E-state index in [0.717, 1.165) is 18.5 Å². The first kappa shape index (κ1) is 16.6. The third-order valence-corrected chi connectivity index (χ3v) is 4.17. The van der Waals surface area contributed by atoms with Crippen molar-refractivity contribution in [3.8, 4) is 11.5 Å². The number of benzene rings is 1. The molecule has 0 aromatic heterocycles. The minimum absolute atomic E-state index is 0.114. The fourth-order valence-electron chi connectivity index (χ4n) is 3.02. The summed E-state index contributed by atoms with van der Waals surface area (Å²) in [5.41, 5.74) is 7.17. The van der Waals surface area contributed by atoms with E-state index in [1.165, 1.54) is 0 Å². The fourth-order valence-corrected chi connectivity index (χ4v) is 3.02. The first-order valence-corrected chi connectivity index (χ1v) is 7.75. The molecule has 1 amide bonds. The lowest BCUT2D eigenvalue weighted by molar-refractivity contribution is -0.129. The lowest BCUT2D eigenvalue weighted by Gasteiger charge is -2.29. The summed E-state index contributed by atoms with van der Waals surface area (Å²) in [4.78, 5) is 14.2. The number of nitrogens with two attached hydrogens (primary N) is 1. The highest BCUT2D eigenvalue weighted by Crippen LogP contribution is 2.41. The lowest BCUT2D eigenvalue weighted by atomic mass is 9.98. The molecule has 2 N–H and O–H groups in total. The van der Waals surface area contributed by atoms with Gasteiger partial charge in [-0.2, -0.15) is 0 Å². The zero-order valence-corrected chi connectivity index (χ0v) is 13.8.